The van der Waals surface area contributed by atoms with Gasteiger partial charge in [0.2, 0.25) is 0 Å². The van der Waals surface area contributed by atoms with E-state index in [2.05, 4.69) is 13.8 Å². The Morgan fingerprint density at radius 2 is 1.95 bits per heavy atom. The summed E-state index contributed by atoms with van der Waals surface area (Å²) in [6, 6.07) is 7.16. The highest BCUT2D eigenvalue weighted by Gasteiger charge is 2.06. The molecule has 2 rings (SSSR count). The molecule has 4 nitrogen and oxygen atoms in total. The van der Waals surface area contributed by atoms with Gasteiger partial charge in [0, 0.05) is 17.5 Å². The Morgan fingerprint density at radius 1 is 1.20 bits per heavy atom. The van der Waals surface area contributed by atoms with Crippen molar-refractivity contribution in [1.29, 1.82) is 0 Å². The molecule has 1 aromatic carbocycles. The molecule has 2 aromatic rings. The van der Waals surface area contributed by atoms with Crippen LogP contribution in [0.4, 0.5) is 0 Å². The van der Waals surface area contributed by atoms with E-state index in [0.717, 1.165) is 36.3 Å². The Labute approximate surface area is 119 Å². The second-order valence-corrected chi connectivity index (χ2v) is 4.96. The summed E-state index contributed by atoms with van der Waals surface area (Å²) < 4.78 is 11.0. The molecule has 0 unspecified atom stereocenters. The number of benzene rings is 1. The molecule has 4 heteroatoms. The van der Waals surface area contributed by atoms with Crippen molar-refractivity contribution < 1.29 is 14.1 Å². The Morgan fingerprint density at radius 3 is 2.65 bits per heavy atom. The first-order valence-corrected chi connectivity index (χ1v) is 7.15. The van der Waals surface area contributed by atoms with Gasteiger partial charge < -0.3 is 14.1 Å². The number of fused-ring (bicyclic) bond motifs is 1. The van der Waals surface area contributed by atoms with Crippen molar-refractivity contribution in [2.24, 2.45) is 0 Å². The van der Waals surface area contributed by atoms with Gasteiger partial charge in [0.25, 0.3) is 0 Å². The van der Waals surface area contributed by atoms with Gasteiger partial charge in [-0.2, -0.15) is 0 Å². The molecule has 0 spiro atoms. The van der Waals surface area contributed by atoms with Gasteiger partial charge >= 0.3 is 5.63 Å². The zero-order valence-electron chi connectivity index (χ0n) is 12.4. The highest BCUT2D eigenvalue weighted by atomic mass is 16.5. The van der Waals surface area contributed by atoms with Crippen LogP contribution in [-0.2, 0) is 0 Å². The van der Waals surface area contributed by atoms with Crippen molar-refractivity contribution in [3.8, 4) is 5.75 Å². The largest absolute Gasteiger partial charge is 0.488 e. The number of rotatable bonds is 6. The van der Waals surface area contributed by atoms with Crippen LogP contribution in [0.25, 0.3) is 11.0 Å². The van der Waals surface area contributed by atoms with Gasteiger partial charge in [0.05, 0.1) is 13.1 Å². The van der Waals surface area contributed by atoms with Crippen LogP contribution in [0.2, 0.25) is 0 Å². The molecule has 0 radical (unpaired) electrons. The van der Waals surface area contributed by atoms with Crippen LogP contribution in [0.5, 0.6) is 5.75 Å². The van der Waals surface area contributed by atoms with E-state index >= 15 is 0 Å². The number of nitrogens with one attached hydrogen (secondary N) is 1. The van der Waals surface area contributed by atoms with Crippen LogP contribution in [0.15, 0.2) is 33.5 Å². The summed E-state index contributed by atoms with van der Waals surface area (Å²) in [6.07, 6.45) is 0. The molecule has 0 amide bonds. The third kappa shape index (κ3) is 3.39. The van der Waals surface area contributed by atoms with E-state index in [1.165, 1.54) is 11.0 Å². The molecule has 0 atom stereocenters. The summed E-state index contributed by atoms with van der Waals surface area (Å²) in [4.78, 5) is 12.9. The monoisotopic (exact) mass is 276 g/mol. The minimum absolute atomic E-state index is 0.320. The van der Waals surface area contributed by atoms with Crippen molar-refractivity contribution in [2.75, 3.05) is 26.2 Å². The fraction of sp³-hybridized carbons (Fsp3) is 0.438. The molecule has 108 valence electrons. The van der Waals surface area contributed by atoms with E-state index in [0.29, 0.717) is 12.2 Å². The van der Waals surface area contributed by atoms with Gasteiger partial charge in [-0.15, -0.1) is 0 Å². The standard InChI is InChI=1S/C16H21NO3/c1-4-17(5-2)8-9-19-13-6-7-14-12(3)10-16(18)20-15(14)11-13/h6-7,10-11H,4-5,8-9H2,1-3H3/p+1. The van der Waals surface area contributed by atoms with Crippen LogP contribution in [0.1, 0.15) is 19.4 Å². The highest BCUT2D eigenvalue weighted by molar-refractivity contribution is 5.81. The van der Waals surface area contributed by atoms with E-state index in [1.807, 2.05) is 19.1 Å². The number of likely N-dealkylation sites (N-methyl/N-ethyl adjacent to an activating group) is 1. The van der Waals surface area contributed by atoms with Crippen molar-refractivity contribution in [1.82, 2.24) is 0 Å². The summed E-state index contributed by atoms with van der Waals surface area (Å²) in [6.45, 7) is 10.1. The fourth-order valence-corrected chi connectivity index (χ4v) is 2.31. The summed E-state index contributed by atoms with van der Waals surface area (Å²) in [5.41, 5.74) is 1.19. The Bertz CT molecular complexity index is 629. The molecule has 0 fully saturated rings. The number of hydrogen-bond donors (Lipinski definition) is 1. The lowest BCUT2D eigenvalue weighted by Gasteiger charge is -2.15. The Kier molecular flexibility index (Phi) is 4.79. The zero-order chi connectivity index (χ0) is 14.5. The first kappa shape index (κ1) is 14.6. The molecule has 0 aliphatic rings. The molecule has 0 aliphatic heterocycles. The third-order valence-electron chi connectivity index (χ3n) is 3.65. The zero-order valence-corrected chi connectivity index (χ0v) is 12.4. The molecule has 0 bridgehead atoms. The Balaban J connectivity index is 2.10. The predicted octanol–water partition coefficient (Wildman–Crippen LogP) is 1.40. The summed E-state index contributed by atoms with van der Waals surface area (Å²) >= 11 is 0. The second-order valence-electron chi connectivity index (χ2n) is 4.96. The van der Waals surface area contributed by atoms with E-state index in [4.69, 9.17) is 9.15 Å². The number of ether oxygens (including phenoxy) is 1. The molecule has 1 heterocycles. The summed E-state index contributed by atoms with van der Waals surface area (Å²) in [5.74, 6) is 0.748. The SMILES string of the molecule is CC[NH+](CC)CCOc1ccc2c(C)cc(=O)oc2c1. The van der Waals surface area contributed by atoms with Crippen LogP contribution in [0, 0.1) is 6.92 Å². The van der Waals surface area contributed by atoms with Crippen molar-refractivity contribution in [3.63, 3.8) is 0 Å². The normalized spacial score (nSPS) is 11.2. The molecule has 20 heavy (non-hydrogen) atoms. The van der Waals surface area contributed by atoms with E-state index in [-0.39, 0.29) is 5.63 Å². The predicted molar refractivity (Wildman–Crippen MR) is 79.6 cm³/mol. The van der Waals surface area contributed by atoms with Gasteiger partial charge in [-0.1, -0.05) is 0 Å². The summed E-state index contributed by atoms with van der Waals surface area (Å²) in [7, 11) is 0. The maximum Gasteiger partial charge on any atom is 0.336 e. The maximum absolute atomic E-state index is 11.4. The summed E-state index contributed by atoms with van der Waals surface area (Å²) in [5, 5.41) is 0.950. The molecule has 1 aromatic heterocycles. The van der Waals surface area contributed by atoms with Crippen molar-refractivity contribution in [2.45, 2.75) is 20.8 Å². The quantitative estimate of drug-likeness (QED) is 0.811. The molecular weight excluding hydrogens is 254 g/mol. The molecular formula is C16H22NO3+. The lowest BCUT2D eigenvalue weighted by atomic mass is 10.1. The Hall–Kier alpha value is -1.81. The maximum atomic E-state index is 11.4. The van der Waals surface area contributed by atoms with Gasteiger partial charge in [0.1, 0.15) is 24.5 Å². The van der Waals surface area contributed by atoms with Gasteiger partial charge in [-0.05, 0) is 38.5 Å². The fourth-order valence-electron chi connectivity index (χ4n) is 2.31. The highest BCUT2D eigenvalue weighted by Crippen LogP contribution is 2.21. The van der Waals surface area contributed by atoms with E-state index in [1.54, 1.807) is 6.07 Å². The first-order valence-electron chi connectivity index (χ1n) is 7.15. The lowest BCUT2D eigenvalue weighted by molar-refractivity contribution is -0.896. The lowest BCUT2D eigenvalue weighted by Crippen LogP contribution is -3.12. The number of aryl methyl sites for hydroxylation is 1. The van der Waals surface area contributed by atoms with Crippen molar-refractivity contribution >= 4 is 11.0 Å². The second kappa shape index (κ2) is 6.57. The molecule has 0 aliphatic carbocycles. The number of quaternary nitrogens is 1. The topological polar surface area (TPSA) is 43.9 Å². The minimum atomic E-state index is -0.320. The third-order valence-corrected chi connectivity index (χ3v) is 3.65. The smallest absolute Gasteiger partial charge is 0.336 e. The van der Waals surface area contributed by atoms with Crippen LogP contribution in [-0.4, -0.2) is 26.2 Å². The average Bonchev–Trinajstić information content (AvgIpc) is 2.43. The number of hydrogen-bond acceptors (Lipinski definition) is 3. The molecule has 1 N–H and O–H groups in total. The van der Waals surface area contributed by atoms with Crippen molar-refractivity contribution in [3.05, 3.63) is 40.2 Å². The van der Waals surface area contributed by atoms with Gasteiger partial charge in [-0.3, -0.25) is 0 Å². The minimum Gasteiger partial charge on any atom is -0.488 e. The molecule has 0 saturated heterocycles. The van der Waals surface area contributed by atoms with Gasteiger partial charge in [0.15, 0.2) is 0 Å². The van der Waals surface area contributed by atoms with Gasteiger partial charge in [-0.25, -0.2) is 4.79 Å². The van der Waals surface area contributed by atoms with Crippen LogP contribution in [0.3, 0.4) is 0 Å². The average molecular weight is 276 g/mol. The van der Waals surface area contributed by atoms with E-state index in [9.17, 15) is 4.79 Å². The van der Waals surface area contributed by atoms with Crippen LogP contribution >= 0.6 is 0 Å². The van der Waals surface area contributed by atoms with E-state index < -0.39 is 0 Å². The first-order chi connectivity index (χ1) is 9.63. The van der Waals surface area contributed by atoms with Crippen LogP contribution < -0.4 is 15.3 Å². The molecule has 0 saturated carbocycles.